The summed E-state index contributed by atoms with van der Waals surface area (Å²) in [4.78, 5) is 0. The van der Waals surface area contributed by atoms with Crippen molar-refractivity contribution in [1.82, 2.24) is 5.32 Å². The smallest absolute Gasteiger partial charge is 0.169 e. The molecule has 0 aliphatic heterocycles. The van der Waals surface area contributed by atoms with Crippen LogP contribution in [0.25, 0.3) is 0 Å². The van der Waals surface area contributed by atoms with Crippen LogP contribution >= 0.6 is 15.9 Å². The molecule has 1 aromatic heterocycles. The van der Waals surface area contributed by atoms with Crippen LogP contribution in [0, 0.1) is 12.3 Å². The van der Waals surface area contributed by atoms with Crippen LogP contribution in [0.2, 0.25) is 0 Å². The molecule has 2 nitrogen and oxygen atoms in total. The predicted molar refractivity (Wildman–Crippen MR) is 65.5 cm³/mol. The number of hydrogen-bond acceptors (Lipinski definition) is 2. The molecule has 0 spiro atoms. The topological polar surface area (TPSA) is 25.2 Å². The van der Waals surface area contributed by atoms with Gasteiger partial charge in [0.1, 0.15) is 5.76 Å². The third-order valence-corrected chi connectivity index (χ3v) is 2.63. The molecular formula is C12H16BrNO. The molecule has 1 rings (SSSR count). The number of hydrogen-bond donors (Lipinski definition) is 1. The van der Waals surface area contributed by atoms with Gasteiger partial charge in [0.25, 0.3) is 0 Å². The van der Waals surface area contributed by atoms with Crippen LogP contribution in [-0.2, 0) is 0 Å². The second kappa shape index (κ2) is 6.71. The lowest BCUT2D eigenvalue weighted by molar-refractivity contribution is 0.387. The molecule has 3 heteroatoms. The molecule has 0 fully saturated rings. The molecule has 1 aromatic rings. The first-order valence-corrected chi connectivity index (χ1v) is 5.99. The van der Waals surface area contributed by atoms with Gasteiger partial charge in [-0.25, -0.2) is 0 Å². The molecule has 0 saturated heterocycles. The van der Waals surface area contributed by atoms with E-state index >= 15 is 0 Å². The Morgan fingerprint density at radius 3 is 2.93 bits per heavy atom. The van der Waals surface area contributed by atoms with Crippen molar-refractivity contribution in [2.24, 2.45) is 0 Å². The van der Waals surface area contributed by atoms with Crippen LogP contribution < -0.4 is 5.32 Å². The van der Waals surface area contributed by atoms with Crippen molar-refractivity contribution in [3.8, 4) is 12.3 Å². The third-order valence-electron chi connectivity index (χ3n) is 2.20. The fourth-order valence-electron chi connectivity index (χ4n) is 1.52. The highest BCUT2D eigenvalue weighted by atomic mass is 79.9. The molecule has 1 N–H and O–H groups in total. The molecule has 1 atom stereocenters. The summed E-state index contributed by atoms with van der Waals surface area (Å²) in [6.45, 7) is 3.02. The van der Waals surface area contributed by atoms with Crippen LogP contribution in [-0.4, -0.2) is 6.54 Å². The van der Waals surface area contributed by atoms with E-state index < -0.39 is 0 Å². The third kappa shape index (κ3) is 4.11. The summed E-state index contributed by atoms with van der Waals surface area (Å²) in [5.74, 6) is 3.63. The second-order valence-electron chi connectivity index (χ2n) is 3.35. The van der Waals surface area contributed by atoms with Gasteiger partial charge in [0.15, 0.2) is 4.67 Å². The molecule has 0 aliphatic rings. The van der Waals surface area contributed by atoms with E-state index in [1.807, 2.05) is 12.1 Å². The van der Waals surface area contributed by atoms with Crippen LogP contribution in [0.3, 0.4) is 0 Å². The highest BCUT2D eigenvalue weighted by Gasteiger charge is 2.13. The summed E-state index contributed by atoms with van der Waals surface area (Å²) in [6.07, 6.45) is 8.09. The van der Waals surface area contributed by atoms with Gasteiger partial charge < -0.3 is 9.73 Å². The average molecular weight is 270 g/mol. The molecule has 1 heterocycles. The van der Waals surface area contributed by atoms with E-state index in [0.717, 1.165) is 36.2 Å². The molecular weight excluding hydrogens is 254 g/mol. The number of furan rings is 1. The summed E-state index contributed by atoms with van der Waals surface area (Å²) >= 11 is 3.31. The summed E-state index contributed by atoms with van der Waals surface area (Å²) < 4.78 is 6.31. The van der Waals surface area contributed by atoms with Crippen molar-refractivity contribution in [3.63, 3.8) is 0 Å². The normalized spacial score (nSPS) is 12.3. The quantitative estimate of drug-likeness (QED) is 0.632. The number of terminal acetylenes is 1. The maximum atomic E-state index is 5.53. The van der Waals surface area contributed by atoms with Gasteiger partial charge in [-0.15, -0.1) is 12.3 Å². The first kappa shape index (κ1) is 12.4. The number of halogens is 1. The fraction of sp³-hybridized carbons (Fsp3) is 0.500. The molecule has 0 amide bonds. The summed E-state index contributed by atoms with van der Waals surface area (Å²) in [5.41, 5.74) is 0. The molecule has 1 unspecified atom stereocenters. The fourth-order valence-corrected chi connectivity index (χ4v) is 1.83. The Morgan fingerprint density at radius 2 is 2.40 bits per heavy atom. The minimum atomic E-state index is 0.273. The molecule has 0 radical (unpaired) electrons. The first-order valence-electron chi connectivity index (χ1n) is 5.20. The predicted octanol–water partition coefficient (Wildman–Crippen LogP) is 3.50. The average Bonchev–Trinajstić information content (AvgIpc) is 2.64. The second-order valence-corrected chi connectivity index (χ2v) is 4.13. The van der Waals surface area contributed by atoms with Gasteiger partial charge >= 0.3 is 0 Å². The first-order chi connectivity index (χ1) is 7.27. The zero-order valence-corrected chi connectivity index (χ0v) is 10.5. The van der Waals surface area contributed by atoms with E-state index in [4.69, 9.17) is 10.8 Å². The van der Waals surface area contributed by atoms with E-state index in [1.165, 1.54) is 0 Å². The Morgan fingerprint density at radius 1 is 1.60 bits per heavy atom. The van der Waals surface area contributed by atoms with Crippen LogP contribution in [0.4, 0.5) is 0 Å². The van der Waals surface area contributed by atoms with Gasteiger partial charge in [0.05, 0.1) is 6.04 Å². The number of nitrogens with one attached hydrogen (secondary N) is 1. The molecule has 0 saturated carbocycles. The van der Waals surface area contributed by atoms with Gasteiger partial charge in [0.2, 0.25) is 0 Å². The zero-order chi connectivity index (χ0) is 11.1. The van der Waals surface area contributed by atoms with Crippen molar-refractivity contribution < 1.29 is 4.42 Å². The molecule has 82 valence electrons. The number of rotatable bonds is 6. The number of unbranched alkanes of at least 4 members (excludes halogenated alkanes) is 1. The van der Waals surface area contributed by atoms with Crippen LogP contribution in [0.5, 0.6) is 0 Å². The zero-order valence-electron chi connectivity index (χ0n) is 8.92. The van der Waals surface area contributed by atoms with Gasteiger partial charge in [-0.3, -0.25) is 0 Å². The summed E-state index contributed by atoms with van der Waals surface area (Å²) in [5, 5.41) is 3.39. The van der Waals surface area contributed by atoms with Gasteiger partial charge in [-0.05, 0) is 47.4 Å². The Bertz CT molecular complexity index is 327. The van der Waals surface area contributed by atoms with Gasteiger partial charge in [-0.2, -0.15) is 0 Å². The van der Waals surface area contributed by atoms with Crippen LogP contribution in [0.1, 0.15) is 38.0 Å². The maximum absolute atomic E-state index is 5.53. The highest BCUT2D eigenvalue weighted by Crippen LogP contribution is 2.24. The largest absolute Gasteiger partial charge is 0.453 e. The van der Waals surface area contributed by atoms with Crippen LogP contribution in [0.15, 0.2) is 21.2 Å². The lowest BCUT2D eigenvalue weighted by Crippen LogP contribution is -2.20. The minimum Gasteiger partial charge on any atom is -0.453 e. The standard InChI is InChI=1S/C12H16BrNO/c1-3-5-6-7-10(14-4-2)11-8-9-12(13)15-11/h1,8-10,14H,4-7H2,2H3. The van der Waals surface area contributed by atoms with E-state index in [1.54, 1.807) is 0 Å². The molecule has 0 bridgehead atoms. The van der Waals surface area contributed by atoms with E-state index in [9.17, 15) is 0 Å². The summed E-state index contributed by atoms with van der Waals surface area (Å²) in [7, 11) is 0. The van der Waals surface area contributed by atoms with Crippen molar-refractivity contribution in [2.75, 3.05) is 6.54 Å². The lowest BCUT2D eigenvalue weighted by Gasteiger charge is -2.14. The van der Waals surface area contributed by atoms with Crippen molar-refractivity contribution in [3.05, 3.63) is 22.6 Å². The lowest BCUT2D eigenvalue weighted by atomic mass is 10.1. The Balaban J connectivity index is 2.54. The van der Waals surface area contributed by atoms with Crippen molar-refractivity contribution in [2.45, 2.75) is 32.2 Å². The Labute approximate surface area is 99.6 Å². The molecule has 15 heavy (non-hydrogen) atoms. The van der Waals surface area contributed by atoms with Crippen molar-refractivity contribution in [1.29, 1.82) is 0 Å². The van der Waals surface area contributed by atoms with E-state index in [-0.39, 0.29) is 6.04 Å². The highest BCUT2D eigenvalue weighted by molar-refractivity contribution is 9.10. The van der Waals surface area contributed by atoms with Gasteiger partial charge in [0, 0.05) is 6.42 Å². The maximum Gasteiger partial charge on any atom is 0.169 e. The van der Waals surface area contributed by atoms with Gasteiger partial charge in [-0.1, -0.05) is 6.92 Å². The Hall–Kier alpha value is -0.720. The summed E-state index contributed by atoms with van der Waals surface area (Å²) in [6, 6.07) is 4.18. The van der Waals surface area contributed by atoms with E-state index in [2.05, 4.69) is 34.1 Å². The monoisotopic (exact) mass is 269 g/mol. The molecule has 0 aliphatic carbocycles. The SMILES string of the molecule is C#CCCCC(NCC)c1ccc(Br)o1. The molecule has 0 aromatic carbocycles. The van der Waals surface area contributed by atoms with Crippen molar-refractivity contribution >= 4 is 15.9 Å². The van der Waals surface area contributed by atoms with E-state index in [0.29, 0.717) is 0 Å². The Kier molecular flexibility index (Phi) is 5.52. The minimum absolute atomic E-state index is 0.273.